The van der Waals surface area contributed by atoms with E-state index in [1.54, 1.807) is 0 Å². The predicted molar refractivity (Wildman–Crippen MR) is 59.0 cm³/mol. The number of hydrogen-bond acceptors (Lipinski definition) is 4. The molecule has 0 spiro atoms. The second kappa shape index (κ2) is 4.00. The Morgan fingerprint density at radius 2 is 2.20 bits per heavy atom. The molecule has 0 aromatic heterocycles. The average molecular weight is 230 g/mol. The minimum Gasteiger partial charge on any atom is -0.342 e. The first-order chi connectivity index (χ1) is 7.09. The molecule has 0 unspecified atom stereocenters. The van der Waals surface area contributed by atoms with Crippen LogP contribution in [0.1, 0.15) is 12.8 Å². The minimum absolute atomic E-state index is 0.491. The van der Waals surface area contributed by atoms with Crippen molar-refractivity contribution in [1.29, 1.82) is 0 Å². The summed E-state index contributed by atoms with van der Waals surface area (Å²) in [6.45, 7) is 2.79. The molecule has 0 aliphatic carbocycles. The topological polar surface area (TPSA) is 53.0 Å². The Labute approximate surface area is 90.8 Å². The maximum Gasteiger partial charge on any atom is 0.234 e. The van der Waals surface area contributed by atoms with E-state index in [2.05, 4.69) is 11.4 Å². The number of hydrogen-bond donors (Lipinski definition) is 0. The van der Waals surface area contributed by atoms with E-state index in [1.165, 1.54) is 10.6 Å². The van der Waals surface area contributed by atoms with Crippen LogP contribution in [-0.4, -0.2) is 56.0 Å². The molecule has 85 valence electrons. The van der Waals surface area contributed by atoms with E-state index >= 15 is 0 Å². The van der Waals surface area contributed by atoms with E-state index in [1.807, 2.05) is 4.90 Å². The van der Waals surface area contributed by atoms with Gasteiger partial charge in [0.1, 0.15) is 0 Å². The van der Waals surface area contributed by atoms with Gasteiger partial charge in [-0.1, -0.05) is 0 Å². The van der Waals surface area contributed by atoms with E-state index in [-0.39, 0.29) is 0 Å². The van der Waals surface area contributed by atoms with Gasteiger partial charge in [-0.15, -0.1) is 0 Å². The molecule has 0 aromatic carbocycles. The van der Waals surface area contributed by atoms with E-state index in [0.29, 0.717) is 19.0 Å². The summed E-state index contributed by atoms with van der Waals surface area (Å²) in [5.41, 5.74) is 0. The third-order valence-electron chi connectivity index (χ3n) is 2.65. The maximum absolute atomic E-state index is 11.5. The van der Waals surface area contributed by atoms with Crippen molar-refractivity contribution in [3.63, 3.8) is 0 Å². The Hall–Kier alpha value is -0.780. The van der Waals surface area contributed by atoms with Crippen LogP contribution in [0.25, 0.3) is 0 Å². The van der Waals surface area contributed by atoms with Crippen LogP contribution >= 0.6 is 0 Å². The zero-order chi connectivity index (χ0) is 10.9. The standard InChI is InChI=1S/C9H16N3O2S/c1-15(13,14)12-8-5-10-9(12)11-6-3-2-4-7-11/h3H,2,4-8H2,1H3. The van der Waals surface area contributed by atoms with Crippen LogP contribution in [0, 0.1) is 6.42 Å². The van der Waals surface area contributed by atoms with Gasteiger partial charge < -0.3 is 4.90 Å². The quantitative estimate of drug-likeness (QED) is 0.633. The number of likely N-dealkylation sites (tertiary alicyclic amines) is 1. The van der Waals surface area contributed by atoms with E-state index in [9.17, 15) is 8.42 Å². The molecule has 0 aromatic rings. The molecule has 0 amide bonds. The number of guanidine groups is 1. The summed E-state index contributed by atoms with van der Waals surface area (Å²) in [5.74, 6) is 0.633. The molecule has 0 atom stereocenters. The molecule has 2 aliphatic rings. The third kappa shape index (κ3) is 2.25. The molecule has 2 rings (SSSR count). The van der Waals surface area contributed by atoms with Crippen molar-refractivity contribution >= 4 is 16.0 Å². The van der Waals surface area contributed by atoms with Gasteiger partial charge in [0.15, 0.2) is 0 Å². The first-order valence-electron chi connectivity index (χ1n) is 5.18. The molecule has 0 N–H and O–H groups in total. The molecular formula is C9H16N3O2S. The van der Waals surface area contributed by atoms with Crippen LogP contribution in [0.5, 0.6) is 0 Å². The summed E-state index contributed by atoms with van der Waals surface area (Å²) in [4.78, 5) is 6.32. The Kier molecular flexibility index (Phi) is 2.86. The molecule has 2 aliphatic heterocycles. The number of piperidine rings is 1. The molecular weight excluding hydrogens is 214 g/mol. The van der Waals surface area contributed by atoms with Gasteiger partial charge in [-0.2, -0.15) is 0 Å². The van der Waals surface area contributed by atoms with Gasteiger partial charge in [-0.3, -0.25) is 4.99 Å². The largest absolute Gasteiger partial charge is 0.342 e. The summed E-state index contributed by atoms with van der Waals surface area (Å²) >= 11 is 0. The molecule has 6 heteroatoms. The van der Waals surface area contributed by atoms with Crippen molar-refractivity contribution in [1.82, 2.24) is 9.21 Å². The highest BCUT2D eigenvalue weighted by molar-refractivity contribution is 7.88. The molecule has 1 fully saturated rings. The molecule has 5 nitrogen and oxygen atoms in total. The zero-order valence-electron chi connectivity index (χ0n) is 8.89. The van der Waals surface area contributed by atoms with Crippen LogP contribution in [0.2, 0.25) is 0 Å². The van der Waals surface area contributed by atoms with Crippen molar-refractivity contribution in [3.05, 3.63) is 6.42 Å². The predicted octanol–water partition coefficient (Wildman–Crippen LogP) is -0.0823. The SMILES string of the molecule is CS(=O)(=O)N1CCN=C1N1C[CH]CCC1. The highest BCUT2D eigenvalue weighted by atomic mass is 32.2. The first-order valence-corrected chi connectivity index (χ1v) is 7.02. The number of nitrogens with zero attached hydrogens (tertiary/aromatic N) is 3. The zero-order valence-corrected chi connectivity index (χ0v) is 9.70. The third-order valence-corrected chi connectivity index (χ3v) is 3.79. The fourth-order valence-electron chi connectivity index (χ4n) is 1.94. The lowest BCUT2D eigenvalue weighted by molar-refractivity contribution is 0.365. The second-order valence-corrected chi connectivity index (χ2v) is 5.80. The summed E-state index contributed by atoms with van der Waals surface area (Å²) in [7, 11) is -3.15. The molecule has 2 heterocycles. The van der Waals surface area contributed by atoms with Gasteiger partial charge in [0, 0.05) is 13.1 Å². The van der Waals surface area contributed by atoms with Crippen LogP contribution in [0.15, 0.2) is 4.99 Å². The van der Waals surface area contributed by atoms with Crippen molar-refractivity contribution in [2.75, 3.05) is 32.4 Å². The summed E-state index contributed by atoms with van der Waals surface area (Å²) in [6, 6.07) is 0. The summed E-state index contributed by atoms with van der Waals surface area (Å²) in [6.07, 6.45) is 5.60. The minimum atomic E-state index is -3.15. The summed E-state index contributed by atoms with van der Waals surface area (Å²) in [5, 5.41) is 0. The van der Waals surface area contributed by atoms with Crippen molar-refractivity contribution in [3.8, 4) is 0 Å². The Bertz CT molecular complexity index is 358. The molecule has 1 radical (unpaired) electrons. The van der Waals surface area contributed by atoms with Crippen LogP contribution in [0.3, 0.4) is 0 Å². The Morgan fingerprint density at radius 3 is 2.80 bits per heavy atom. The Morgan fingerprint density at radius 1 is 1.40 bits per heavy atom. The molecule has 1 saturated heterocycles. The number of rotatable bonds is 1. The number of aliphatic imine (C=N–C) groups is 1. The smallest absolute Gasteiger partial charge is 0.234 e. The summed E-state index contributed by atoms with van der Waals surface area (Å²) < 4.78 is 24.4. The molecule has 15 heavy (non-hydrogen) atoms. The highest BCUT2D eigenvalue weighted by Crippen LogP contribution is 2.15. The van der Waals surface area contributed by atoms with Crippen molar-refractivity contribution < 1.29 is 8.42 Å². The van der Waals surface area contributed by atoms with Gasteiger partial charge in [0.05, 0.1) is 19.3 Å². The van der Waals surface area contributed by atoms with Crippen LogP contribution in [0.4, 0.5) is 0 Å². The van der Waals surface area contributed by atoms with Gasteiger partial charge in [0.2, 0.25) is 16.0 Å². The molecule has 0 saturated carbocycles. The van der Waals surface area contributed by atoms with Crippen molar-refractivity contribution in [2.24, 2.45) is 4.99 Å². The van der Waals surface area contributed by atoms with Crippen LogP contribution < -0.4 is 0 Å². The van der Waals surface area contributed by atoms with Gasteiger partial charge in [-0.25, -0.2) is 12.7 Å². The van der Waals surface area contributed by atoms with Gasteiger partial charge in [-0.05, 0) is 19.3 Å². The number of sulfonamides is 1. The van der Waals surface area contributed by atoms with E-state index < -0.39 is 10.0 Å². The fourth-order valence-corrected chi connectivity index (χ4v) is 2.82. The van der Waals surface area contributed by atoms with Crippen LogP contribution in [-0.2, 0) is 10.0 Å². The maximum atomic E-state index is 11.5. The normalized spacial score (nSPS) is 23.1. The monoisotopic (exact) mass is 230 g/mol. The highest BCUT2D eigenvalue weighted by Gasteiger charge is 2.29. The average Bonchev–Trinajstić information content (AvgIpc) is 2.67. The first kappa shape index (κ1) is 10.7. The van der Waals surface area contributed by atoms with E-state index in [0.717, 1.165) is 25.9 Å². The fraction of sp³-hybridized carbons (Fsp3) is 0.778. The lowest BCUT2D eigenvalue weighted by Gasteiger charge is -2.32. The Balaban J connectivity index is 2.13. The van der Waals surface area contributed by atoms with Gasteiger partial charge in [0.25, 0.3) is 0 Å². The van der Waals surface area contributed by atoms with Crippen molar-refractivity contribution in [2.45, 2.75) is 12.8 Å². The lowest BCUT2D eigenvalue weighted by atomic mass is 10.1. The second-order valence-electron chi connectivity index (χ2n) is 3.89. The van der Waals surface area contributed by atoms with E-state index in [4.69, 9.17) is 0 Å². The molecule has 0 bridgehead atoms. The lowest BCUT2D eigenvalue weighted by Crippen LogP contribution is -2.46. The van der Waals surface area contributed by atoms with Gasteiger partial charge >= 0.3 is 0 Å².